The van der Waals surface area contributed by atoms with Crippen LogP contribution in [0.2, 0.25) is 0 Å². The first-order valence-electron chi connectivity index (χ1n) is 5.80. The summed E-state index contributed by atoms with van der Waals surface area (Å²) in [6, 6.07) is 0. The van der Waals surface area contributed by atoms with Gasteiger partial charge >= 0.3 is 0 Å². The summed E-state index contributed by atoms with van der Waals surface area (Å²) in [7, 11) is 0. The largest absolute Gasteiger partial charge is 0.393 e. The summed E-state index contributed by atoms with van der Waals surface area (Å²) < 4.78 is 10.8. The third-order valence-electron chi connectivity index (χ3n) is 2.02. The lowest BCUT2D eigenvalue weighted by Crippen LogP contribution is -2.26. The van der Waals surface area contributed by atoms with Crippen LogP contribution in [-0.2, 0) is 9.47 Å². The zero-order valence-corrected chi connectivity index (χ0v) is 10.7. The summed E-state index contributed by atoms with van der Waals surface area (Å²) in [4.78, 5) is 0. The number of hydrogen-bond donors (Lipinski definition) is 1. The van der Waals surface area contributed by atoms with Crippen molar-refractivity contribution < 1.29 is 14.6 Å². The van der Waals surface area contributed by atoms with Crippen molar-refractivity contribution in [1.82, 2.24) is 0 Å². The summed E-state index contributed by atoms with van der Waals surface area (Å²) in [5.41, 5.74) is 0.141. The first-order chi connectivity index (χ1) is 6.89. The third-order valence-corrected chi connectivity index (χ3v) is 2.02. The van der Waals surface area contributed by atoms with Crippen LogP contribution in [0.5, 0.6) is 0 Å². The highest BCUT2D eigenvalue weighted by Crippen LogP contribution is 2.23. The first kappa shape index (κ1) is 14.9. The molecule has 0 aliphatic heterocycles. The normalized spacial score (nSPS) is 14.6. The van der Waals surface area contributed by atoms with Gasteiger partial charge in [0.25, 0.3) is 0 Å². The van der Waals surface area contributed by atoms with Gasteiger partial charge in [0.05, 0.1) is 6.10 Å². The molecule has 0 fully saturated rings. The Labute approximate surface area is 93.8 Å². The van der Waals surface area contributed by atoms with Crippen LogP contribution in [0.4, 0.5) is 0 Å². The Kier molecular flexibility index (Phi) is 7.14. The van der Waals surface area contributed by atoms with Crippen molar-refractivity contribution in [2.45, 2.75) is 59.9 Å². The van der Waals surface area contributed by atoms with Crippen LogP contribution in [0.1, 0.15) is 47.5 Å². The number of ether oxygens (including phenoxy) is 2. The fraction of sp³-hybridized carbons (Fsp3) is 1.00. The van der Waals surface area contributed by atoms with Crippen LogP contribution >= 0.6 is 0 Å². The Morgan fingerprint density at radius 2 is 1.53 bits per heavy atom. The molecule has 0 aromatic rings. The Morgan fingerprint density at radius 1 is 1.07 bits per heavy atom. The predicted octanol–water partition coefficient (Wildman–Crippen LogP) is 2.57. The Balaban J connectivity index is 3.93. The quantitative estimate of drug-likeness (QED) is 0.667. The molecule has 1 atom stereocenters. The fourth-order valence-electron chi connectivity index (χ4n) is 1.57. The first-order valence-corrected chi connectivity index (χ1v) is 5.80. The number of rotatable bonds is 7. The number of aliphatic hydroxyl groups excluding tert-OH is 1. The highest BCUT2D eigenvalue weighted by Gasteiger charge is 2.20. The van der Waals surface area contributed by atoms with Gasteiger partial charge < -0.3 is 14.6 Å². The van der Waals surface area contributed by atoms with E-state index in [1.807, 2.05) is 13.8 Å². The van der Waals surface area contributed by atoms with E-state index in [1.165, 1.54) is 0 Å². The molecule has 0 aromatic carbocycles. The minimum atomic E-state index is -0.354. The smallest absolute Gasteiger partial charge is 0.160 e. The van der Waals surface area contributed by atoms with Gasteiger partial charge in [-0.25, -0.2) is 0 Å². The molecular formula is C12H26O3. The molecule has 1 unspecified atom stereocenters. The second-order valence-electron chi connectivity index (χ2n) is 4.99. The highest BCUT2D eigenvalue weighted by atomic mass is 16.7. The van der Waals surface area contributed by atoms with E-state index in [1.54, 1.807) is 0 Å². The lowest BCUT2D eigenvalue weighted by atomic mass is 9.88. The summed E-state index contributed by atoms with van der Waals surface area (Å²) in [5.74, 6) is 0. The molecule has 0 radical (unpaired) electrons. The van der Waals surface area contributed by atoms with Gasteiger partial charge in [-0.2, -0.15) is 0 Å². The maximum atomic E-state index is 9.85. The Hall–Kier alpha value is -0.120. The SMILES string of the molecule is CCOC(CC(O)CC(C)(C)C)OCC. The van der Waals surface area contributed by atoms with Gasteiger partial charge in [0.15, 0.2) is 6.29 Å². The van der Waals surface area contributed by atoms with Crippen molar-refractivity contribution in [1.29, 1.82) is 0 Å². The summed E-state index contributed by atoms with van der Waals surface area (Å²) in [5, 5.41) is 9.85. The second kappa shape index (κ2) is 7.20. The van der Waals surface area contributed by atoms with E-state index >= 15 is 0 Å². The molecule has 3 heteroatoms. The average molecular weight is 218 g/mol. The van der Waals surface area contributed by atoms with Crippen molar-refractivity contribution in [3.8, 4) is 0 Å². The van der Waals surface area contributed by atoms with Crippen molar-refractivity contribution in [2.24, 2.45) is 5.41 Å². The average Bonchev–Trinajstić information content (AvgIpc) is 2.00. The van der Waals surface area contributed by atoms with Crippen LogP contribution in [0, 0.1) is 5.41 Å². The van der Waals surface area contributed by atoms with Crippen LogP contribution in [0.15, 0.2) is 0 Å². The summed E-state index contributed by atoms with van der Waals surface area (Å²) in [6.45, 7) is 11.5. The lowest BCUT2D eigenvalue weighted by molar-refractivity contribution is -0.154. The van der Waals surface area contributed by atoms with Gasteiger partial charge in [0.1, 0.15) is 0 Å². The molecule has 0 heterocycles. The molecule has 3 nitrogen and oxygen atoms in total. The molecule has 0 amide bonds. The fourth-order valence-corrected chi connectivity index (χ4v) is 1.57. The maximum absolute atomic E-state index is 9.85. The molecule has 15 heavy (non-hydrogen) atoms. The Bertz CT molecular complexity index is 145. The van der Waals surface area contributed by atoms with Crippen LogP contribution in [-0.4, -0.2) is 30.7 Å². The van der Waals surface area contributed by atoms with E-state index in [2.05, 4.69) is 20.8 Å². The molecular weight excluding hydrogens is 192 g/mol. The zero-order chi connectivity index (χ0) is 11.9. The molecule has 0 aliphatic rings. The summed E-state index contributed by atoms with van der Waals surface area (Å²) >= 11 is 0. The maximum Gasteiger partial charge on any atom is 0.160 e. The van der Waals surface area contributed by atoms with E-state index in [-0.39, 0.29) is 17.8 Å². The molecule has 0 rings (SSSR count). The number of aliphatic hydroxyl groups is 1. The van der Waals surface area contributed by atoms with Gasteiger partial charge in [0, 0.05) is 19.6 Å². The molecule has 0 saturated carbocycles. The van der Waals surface area contributed by atoms with E-state index in [0.29, 0.717) is 19.6 Å². The van der Waals surface area contributed by atoms with Crippen molar-refractivity contribution in [3.63, 3.8) is 0 Å². The number of hydrogen-bond acceptors (Lipinski definition) is 3. The lowest BCUT2D eigenvalue weighted by Gasteiger charge is -2.25. The van der Waals surface area contributed by atoms with Gasteiger partial charge in [-0.1, -0.05) is 20.8 Å². The van der Waals surface area contributed by atoms with E-state index in [9.17, 15) is 5.11 Å². The monoisotopic (exact) mass is 218 g/mol. The molecule has 0 bridgehead atoms. The van der Waals surface area contributed by atoms with Crippen molar-refractivity contribution in [2.75, 3.05) is 13.2 Å². The van der Waals surface area contributed by atoms with Gasteiger partial charge in [-0.3, -0.25) is 0 Å². The minimum absolute atomic E-state index is 0.141. The van der Waals surface area contributed by atoms with E-state index < -0.39 is 0 Å². The van der Waals surface area contributed by atoms with Gasteiger partial charge in [-0.15, -0.1) is 0 Å². The molecule has 92 valence electrons. The third kappa shape index (κ3) is 8.85. The van der Waals surface area contributed by atoms with Crippen LogP contribution in [0.25, 0.3) is 0 Å². The second-order valence-corrected chi connectivity index (χ2v) is 4.99. The zero-order valence-electron chi connectivity index (χ0n) is 10.7. The van der Waals surface area contributed by atoms with Crippen LogP contribution < -0.4 is 0 Å². The van der Waals surface area contributed by atoms with Gasteiger partial charge in [0.2, 0.25) is 0 Å². The standard InChI is InChI=1S/C12H26O3/c1-6-14-11(15-7-2)8-10(13)9-12(3,4)5/h10-11,13H,6-9H2,1-5H3. The minimum Gasteiger partial charge on any atom is -0.393 e. The van der Waals surface area contributed by atoms with Gasteiger partial charge in [-0.05, 0) is 25.7 Å². The molecule has 1 N–H and O–H groups in total. The van der Waals surface area contributed by atoms with E-state index in [4.69, 9.17) is 9.47 Å². The molecule has 0 saturated heterocycles. The van der Waals surface area contributed by atoms with Crippen LogP contribution in [0.3, 0.4) is 0 Å². The topological polar surface area (TPSA) is 38.7 Å². The predicted molar refractivity (Wildman–Crippen MR) is 61.7 cm³/mol. The molecule has 0 aromatic heterocycles. The van der Waals surface area contributed by atoms with Crippen molar-refractivity contribution in [3.05, 3.63) is 0 Å². The summed E-state index contributed by atoms with van der Waals surface area (Å²) in [6.07, 6.45) is 0.702. The van der Waals surface area contributed by atoms with Crippen molar-refractivity contribution >= 4 is 0 Å². The highest BCUT2D eigenvalue weighted by molar-refractivity contribution is 4.69. The van der Waals surface area contributed by atoms with E-state index in [0.717, 1.165) is 6.42 Å². The molecule has 0 aliphatic carbocycles. The molecule has 0 spiro atoms. The Morgan fingerprint density at radius 3 is 1.87 bits per heavy atom.